The zero-order chi connectivity index (χ0) is 22.5. The molecule has 30 heavy (non-hydrogen) atoms. The number of aliphatic hydroxyl groups excluding tert-OH is 1. The number of aliphatic hydroxyl groups is 1. The fourth-order valence-corrected chi connectivity index (χ4v) is 3.16. The second kappa shape index (κ2) is 7.38. The number of hydrogen-bond acceptors (Lipinski definition) is 6. The summed E-state index contributed by atoms with van der Waals surface area (Å²) in [7, 11) is 1.74. The number of ether oxygens (including phenoxy) is 1. The lowest BCUT2D eigenvalue weighted by atomic mass is 10.2. The molecule has 3 rings (SSSR count). The molecule has 1 aromatic heterocycles. The maximum absolute atomic E-state index is 14.6. The number of rotatable bonds is 2. The van der Waals surface area contributed by atoms with E-state index in [0.29, 0.717) is 26.2 Å². The monoisotopic (exact) mass is 434 g/mol. The number of benzene rings is 1. The van der Waals surface area contributed by atoms with Gasteiger partial charge in [0, 0.05) is 12.1 Å². The van der Waals surface area contributed by atoms with Crippen LogP contribution in [0.4, 0.5) is 28.0 Å². The van der Waals surface area contributed by atoms with Gasteiger partial charge in [-0.15, -0.1) is 0 Å². The van der Waals surface area contributed by atoms with Gasteiger partial charge >= 0.3 is 12.3 Å². The van der Waals surface area contributed by atoms with Crippen molar-refractivity contribution in [2.24, 2.45) is 0 Å². The average molecular weight is 434 g/mol. The third kappa shape index (κ3) is 4.51. The van der Waals surface area contributed by atoms with Crippen molar-refractivity contribution in [3.8, 4) is 0 Å². The van der Waals surface area contributed by atoms with Crippen molar-refractivity contribution in [2.75, 3.05) is 38.1 Å². The highest BCUT2D eigenvalue weighted by Crippen LogP contribution is 2.35. The highest BCUT2D eigenvalue weighted by Gasteiger charge is 2.43. The second-order valence-electron chi connectivity index (χ2n) is 8.58. The Morgan fingerprint density at radius 1 is 1.27 bits per heavy atom. The van der Waals surface area contributed by atoms with Crippen molar-refractivity contribution in [3.63, 3.8) is 0 Å². The van der Waals surface area contributed by atoms with Crippen LogP contribution in [0.25, 0.3) is 11.1 Å². The predicted molar refractivity (Wildman–Crippen MR) is 99.3 cm³/mol. The lowest BCUT2D eigenvalue weighted by molar-refractivity contribution is -0.839. The van der Waals surface area contributed by atoms with Gasteiger partial charge in [0.15, 0.2) is 5.58 Å². The van der Waals surface area contributed by atoms with Gasteiger partial charge in [0.05, 0.1) is 25.8 Å². The van der Waals surface area contributed by atoms with E-state index < -0.39 is 29.6 Å². The largest absolute Gasteiger partial charge is 0.516 e. The minimum atomic E-state index is -4.95. The molecule has 2 aromatic rings. The summed E-state index contributed by atoms with van der Waals surface area (Å²) < 4.78 is 63.2. The molecule has 1 atom stereocenters. The molecule has 1 aliphatic rings. The summed E-state index contributed by atoms with van der Waals surface area (Å²) in [6.07, 6.45) is -8.21. The quantitative estimate of drug-likeness (QED) is 0.573. The number of oxazole rings is 1. The lowest BCUT2D eigenvalue weighted by Gasteiger charge is -2.40. The summed E-state index contributed by atoms with van der Waals surface area (Å²) in [6, 6.07) is 2.23. The Kier molecular flexibility index (Phi) is 5.48. The molecule has 0 saturated carbocycles. The first-order chi connectivity index (χ1) is 13.7. The maximum Gasteiger partial charge on any atom is 0.516 e. The van der Waals surface area contributed by atoms with Crippen molar-refractivity contribution in [1.29, 1.82) is 0 Å². The molecule has 11 heteroatoms. The second-order valence-corrected chi connectivity index (χ2v) is 8.58. The molecule has 1 N–H and O–H groups in total. The first-order valence-electron chi connectivity index (χ1n) is 9.37. The fourth-order valence-electron chi connectivity index (χ4n) is 3.16. The van der Waals surface area contributed by atoms with Crippen LogP contribution in [0.2, 0.25) is 0 Å². The molecule has 1 fully saturated rings. The Hall–Kier alpha value is -2.40. The number of quaternary nitrogens is 1. The number of halogens is 4. The fraction of sp³-hybridized carbons (Fsp3) is 0.579. The van der Waals surface area contributed by atoms with Crippen LogP contribution in [-0.4, -0.2) is 65.7 Å². The first kappa shape index (κ1) is 22.3. The van der Waals surface area contributed by atoms with Crippen LogP contribution < -0.4 is 4.90 Å². The number of hydrogen-bond donors (Lipinski definition) is 1. The van der Waals surface area contributed by atoms with Crippen molar-refractivity contribution in [1.82, 2.24) is 4.98 Å². The molecule has 7 nitrogen and oxygen atoms in total. The number of aromatic nitrogens is 1. The van der Waals surface area contributed by atoms with Gasteiger partial charge in [-0.05, 0) is 20.8 Å². The maximum atomic E-state index is 14.6. The van der Waals surface area contributed by atoms with E-state index in [1.54, 1.807) is 32.7 Å². The van der Waals surface area contributed by atoms with E-state index in [2.05, 4.69) is 4.98 Å². The molecular formula is C19H24F4N3O4+. The van der Waals surface area contributed by atoms with Crippen LogP contribution >= 0.6 is 0 Å². The summed E-state index contributed by atoms with van der Waals surface area (Å²) in [6.45, 7) is 6.70. The van der Waals surface area contributed by atoms with E-state index in [1.165, 1.54) is 6.07 Å². The van der Waals surface area contributed by atoms with Crippen molar-refractivity contribution in [3.05, 3.63) is 23.8 Å². The number of carbonyl (C=O) groups excluding carboxylic acids is 1. The third-order valence-electron chi connectivity index (χ3n) is 4.92. The van der Waals surface area contributed by atoms with E-state index >= 15 is 0 Å². The molecule has 0 radical (unpaired) electrons. The van der Waals surface area contributed by atoms with Gasteiger partial charge in [0.2, 0.25) is 12.0 Å². The Morgan fingerprint density at radius 3 is 2.40 bits per heavy atom. The molecule has 1 unspecified atom stereocenters. The molecule has 0 aliphatic carbocycles. The van der Waals surface area contributed by atoms with Gasteiger partial charge in [0.25, 0.3) is 0 Å². The number of amides is 1. The van der Waals surface area contributed by atoms with Gasteiger partial charge in [0.1, 0.15) is 30.0 Å². The van der Waals surface area contributed by atoms with E-state index in [-0.39, 0.29) is 27.4 Å². The summed E-state index contributed by atoms with van der Waals surface area (Å²) >= 11 is 0. The van der Waals surface area contributed by atoms with Crippen LogP contribution in [-0.2, 0) is 4.74 Å². The molecule has 1 amide bonds. The Bertz CT molecular complexity index is 944. The van der Waals surface area contributed by atoms with Crippen LogP contribution in [0.5, 0.6) is 0 Å². The number of piperazine rings is 1. The number of alkyl halides is 3. The summed E-state index contributed by atoms with van der Waals surface area (Å²) in [4.78, 5) is 17.7. The standard InChI is InChI=1S/C19H24F4N3O4/c1-18(2,3)30-17(28)26(4)7-5-25(6-8-26)13-10-14-12(9-11(13)20)24-16(29-14)15(27)19(21,22)23/h9-10,15,27H,5-8H2,1-4H3/q+1. The topological polar surface area (TPSA) is 75.8 Å². The first-order valence-corrected chi connectivity index (χ1v) is 9.37. The highest BCUT2D eigenvalue weighted by atomic mass is 19.4. The van der Waals surface area contributed by atoms with Gasteiger partial charge < -0.3 is 19.2 Å². The van der Waals surface area contributed by atoms with Crippen molar-refractivity contribution in [2.45, 2.75) is 38.7 Å². The molecule has 0 bridgehead atoms. The number of anilines is 1. The van der Waals surface area contributed by atoms with Crippen LogP contribution in [0.1, 0.15) is 32.8 Å². The van der Waals surface area contributed by atoms with E-state index in [1.807, 2.05) is 0 Å². The van der Waals surface area contributed by atoms with Crippen LogP contribution in [0.3, 0.4) is 0 Å². The minimum Gasteiger partial charge on any atom is -0.437 e. The molecule has 1 aliphatic heterocycles. The summed E-state index contributed by atoms with van der Waals surface area (Å²) in [5.41, 5.74) is -0.694. The number of likely N-dealkylation sites (N-methyl/N-ethyl adjacent to an activating group) is 1. The minimum absolute atomic E-state index is 0.0296. The predicted octanol–water partition coefficient (Wildman–Crippen LogP) is 3.76. The molecule has 1 aromatic carbocycles. The van der Waals surface area contributed by atoms with Crippen LogP contribution in [0.15, 0.2) is 16.5 Å². The van der Waals surface area contributed by atoms with Gasteiger partial charge in [-0.25, -0.2) is 13.9 Å². The van der Waals surface area contributed by atoms with E-state index in [4.69, 9.17) is 9.15 Å². The molecular weight excluding hydrogens is 410 g/mol. The van der Waals surface area contributed by atoms with Gasteiger partial charge in [-0.1, -0.05) is 0 Å². The van der Waals surface area contributed by atoms with Crippen molar-refractivity contribution >= 4 is 22.9 Å². The normalized spacial score (nSPS) is 18.5. The lowest BCUT2D eigenvalue weighted by Crippen LogP contribution is -2.61. The summed E-state index contributed by atoms with van der Waals surface area (Å²) in [5.74, 6) is -1.63. The highest BCUT2D eigenvalue weighted by molar-refractivity contribution is 5.78. The molecule has 0 spiro atoms. The zero-order valence-corrected chi connectivity index (χ0v) is 17.1. The zero-order valence-electron chi connectivity index (χ0n) is 17.1. The van der Waals surface area contributed by atoms with Gasteiger partial charge in [-0.2, -0.15) is 18.0 Å². The third-order valence-corrected chi connectivity index (χ3v) is 4.92. The molecule has 1 saturated heterocycles. The number of nitrogens with zero attached hydrogens (tertiary/aromatic N) is 3. The molecule has 2 heterocycles. The Morgan fingerprint density at radius 2 is 1.87 bits per heavy atom. The van der Waals surface area contributed by atoms with E-state index in [9.17, 15) is 27.5 Å². The number of carbonyl (C=O) groups is 1. The van der Waals surface area contributed by atoms with E-state index in [0.717, 1.165) is 6.07 Å². The van der Waals surface area contributed by atoms with Gasteiger partial charge in [-0.3, -0.25) is 0 Å². The van der Waals surface area contributed by atoms with Crippen LogP contribution in [0, 0.1) is 5.82 Å². The Labute approximate surface area is 170 Å². The van der Waals surface area contributed by atoms with Crippen molar-refractivity contribution < 1.29 is 41.1 Å². The SMILES string of the molecule is CC(C)(C)OC(=O)[N+]1(C)CCN(c2cc3oc(C(O)C(F)(F)F)nc3cc2F)CC1. The average Bonchev–Trinajstić information content (AvgIpc) is 3.01. The summed E-state index contributed by atoms with van der Waals surface area (Å²) in [5, 5.41) is 9.30. The molecule has 166 valence electrons. The smallest absolute Gasteiger partial charge is 0.437 e. The number of fused-ring (bicyclic) bond motifs is 1. The Balaban J connectivity index is 1.79.